The largest absolute Gasteiger partial charge is 0.508 e. The van der Waals surface area contributed by atoms with Crippen LogP contribution in [-0.2, 0) is 0 Å². The molecule has 113 valence electrons. The van der Waals surface area contributed by atoms with Gasteiger partial charge in [-0.25, -0.2) is 15.0 Å². The van der Waals surface area contributed by atoms with Gasteiger partial charge in [-0.2, -0.15) is 0 Å². The second-order valence-electron chi connectivity index (χ2n) is 5.08. The molecule has 3 rings (SSSR count). The Hall–Kier alpha value is -1.96. The fourth-order valence-electron chi connectivity index (χ4n) is 2.14. The van der Waals surface area contributed by atoms with E-state index in [0.29, 0.717) is 22.7 Å². The Morgan fingerprint density at radius 1 is 1.09 bits per heavy atom. The summed E-state index contributed by atoms with van der Waals surface area (Å²) in [6.07, 6.45) is 0. The maximum Gasteiger partial charge on any atom is 0.255 e. The summed E-state index contributed by atoms with van der Waals surface area (Å²) < 4.78 is 0. The SMILES string of the molecule is Cc1nc(Nc2nc(C)c3ccc(O)cc3n2)[nH]c(=O)c1C.[Na]. The molecular weight excluding hydrogens is 305 g/mol. The first-order valence-corrected chi connectivity index (χ1v) is 6.76. The Bertz CT molecular complexity index is 939. The van der Waals surface area contributed by atoms with E-state index in [2.05, 4.69) is 25.3 Å². The van der Waals surface area contributed by atoms with E-state index in [0.717, 1.165) is 11.1 Å². The molecular formula is C15H15N5NaO2. The molecule has 0 aliphatic heterocycles. The van der Waals surface area contributed by atoms with E-state index < -0.39 is 0 Å². The number of aromatic hydroxyl groups is 1. The van der Waals surface area contributed by atoms with E-state index >= 15 is 0 Å². The minimum absolute atomic E-state index is 0. The van der Waals surface area contributed by atoms with Gasteiger partial charge >= 0.3 is 0 Å². The van der Waals surface area contributed by atoms with E-state index in [1.54, 1.807) is 32.0 Å². The zero-order valence-electron chi connectivity index (χ0n) is 13.4. The Morgan fingerprint density at radius 2 is 1.83 bits per heavy atom. The Kier molecular flexibility index (Phi) is 5.03. The quantitative estimate of drug-likeness (QED) is 0.621. The summed E-state index contributed by atoms with van der Waals surface area (Å²) in [4.78, 5) is 27.3. The normalized spacial score (nSPS) is 10.4. The van der Waals surface area contributed by atoms with Gasteiger partial charge in [-0.15, -0.1) is 0 Å². The third-order valence-electron chi connectivity index (χ3n) is 3.50. The van der Waals surface area contributed by atoms with Crippen molar-refractivity contribution in [3.05, 3.63) is 45.5 Å². The molecule has 0 unspecified atom stereocenters. The molecule has 3 aromatic rings. The molecule has 1 radical (unpaired) electrons. The minimum atomic E-state index is -0.204. The average molecular weight is 320 g/mol. The summed E-state index contributed by atoms with van der Waals surface area (Å²) in [7, 11) is 0. The first kappa shape index (κ1) is 17.4. The molecule has 0 aliphatic carbocycles. The monoisotopic (exact) mass is 320 g/mol. The second kappa shape index (κ2) is 6.66. The van der Waals surface area contributed by atoms with Crippen LogP contribution in [0.5, 0.6) is 5.75 Å². The number of rotatable bonds is 2. The smallest absolute Gasteiger partial charge is 0.255 e. The third kappa shape index (κ3) is 3.52. The van der Waals surface area contributed by atoms with Crippen molar-refractivity contribution in [3.63, 3.8) is 0 Å². The topological polar surface area (TPSA) is 104 Å². The summed E-state index contributed by atoms with van der Waals surface area (Å²) in [5.74, 6) is 0.725. The van der Waals surface area contributed by atoms with Crippen molar-refractivity contribution in [1.82, 2.24) is 19.9 Å². The summed E-state index contributed by atoms with van der Waals surface area (Å²) >= 11 is 0. The number of hydrogen-bond donors (Lipinski definition) is 3. The first-order valence-electron chi connectivity index (χ1n) is 6.76. The second-order valence-corrected chi connectivity index (χ2v) is 5.08. The molecule has 0 bridgehead atoms. The molecule has 2 heterocycles. The number of aryl methyl sites for hydroxylation is 2. The van der Waals surface area contributed by atoms with Gasteiger partial charge < -0.3 is 5.11 Å². The number of fused-ring (bicyclic) bond motifs is 1. The number of nitrogens with one attached hydrogen (secondary N) is 2. The van der Waals surface area contributed by atoms with E-state index in [1.165, 1.54) is 0 Å². The van der Waals surface area contributed by atoms with Gasteiger partial charge in [0, 0.05) is 52.3 Å². The summed E-state index contributed by atoms with van der Waals surface area (Å²) in [5.41, 5.74) is 2.39. The maximum absolute atomic E-state index is 11.8. The molecule has 0 fully saturated rings. The van der Waals surface area contributed by atoms with Gasteiger partial charge in [-0.3, -0.25) is 15.1 Å². The van der Waals surface area contributed by atoms with Crippen LogP contribution in [0, 0.1) is 20.8 Å². The molecule has 0 atom stereocenters. The Balaban J connectivity index is 0.00000192. The van der Waals surface area contributed by atoms with Crippen LogP contribution in [0.3, 0.4) is 0 Å². The fourth-order valence-corrected chi connectivity index (χ4v) is 2.14. The first-order chi connectivity index (χ1) is 10.4. The van der Waals surface area contributed by atoms with Gasteiger partial charge in [-0.1, -0.05) is 0 Å². The number of aromatic nitrogens is 4. The van der Waals surface area contributed by atoms with Crippen molar-refractivity contribution < 1.29 is 5.11 Å². The van der Waals surface area contributed by atoms with E-state index in [4.69, 9.17) is 0 Å². The van der Waals surface area contributed by atoms with Crippen LogP contribution < -0.4 is 10.9 Å². The molecule has 0 saturated carbocycles. The fraction of sp³-hybridized carbons (Fsp3) is 0.200. The molecule has 7 nitrogen and oxygen atoms in total. The third-order valence-corrected chi connectivity index (χ3v) is 3.50. The number of aromatic amines is 1. The molecule has 0 aliphatic rings. The molecule has 0 saturated heterocycles. The molecule has 23 heavy (non-hydrogen) atoms. The maximum atomic E-state index is 11.8. The van der Waals surface area contributed by atoms with Crippen LogP contribution in [0.25, 0.3) is 10.9 Å². The molecule has 8 heteroatoms. The van der Waals surface area contributed by atoms with Crippen molar-refractivity contribution in [1.29, 1.82) is 0 Å². The van der Waals surface area contributed by atoms with Crippen LogP contribution in [0.2, 0.25) is 0 Å². The van der Waals surface area contributed by atoms with E-state index in [9.17, 15) is 9.90 Å². The Labute approximate surface area is 154 Å². The summed E-state index contributed by atoms with van der Waals surface area (Å²) in [6, 6.07) is 4.92. The number of H-pyrrole nitrogens is 1. The molecule has 3 N–H and O–H groups in total. The standard InChI is InChI=1S/C15H15N5O2.Na/c1-7-8(2)16-15(19-13(7)22)20-14-17-9(3)11-5-4-10(21)6-12(11)18-14;/h4-6,21H,1-3H3,(H2,16,17,18,19,20,22);. The van der Waals surface area contributed by atoms with Gasteiger partial charge in [0.25, 0.3) is 5.56 Å². The number of benzene rings is 1. The van der Waals surface area contributed by atoms with Gasteiger partial charge in [0.1, 0.15) is 5.75 Å². The van der Waals surface area contributed by atoms with E-state index in [-0.39, 0.29) is 46.8 Å². The van der Waals surface area contributed by atoms with Gasteiger partial charge in [0.15, 0.2) is 0 Å². The van der Waals surface area contributed by atoms with Crippen LogP contribution in [0.1, 0.15) is 17.0 Å². The van der Waals surface area contributed by atoms with Crippen LogP contribution in [-0.4, -0.2) is 54.6 Å². The summed E-state index contributed by atoms with van der Waals surface area (Å²) in [5, 5.41) is 13.3. The summed E-state index contributed by atoms with van der Waals surface area (Å²) in [6.45, 7) is 5.33. The molecule has 0 amide bonds. The van der Waals surface area contributed by atoms with Gasteiger partial charge in [-0.05, 0) is 32.9 Å². The van der Waals surface area contributed by atoms with Gasteiger partial charge in [0.05, 0.1) is 11.2 Å². The molecule has 2 aromatic heterocycles. The predicted molar refractivity (Wildman–Crippen MR) is 89.3 cm³/mol. The number of nitrogens with zero attached hydrogens (tertiary/aromatic N) is 3. The van der Waals surface area contributed by atoms with Crippen molar-refractivity contribution in [2.45, 2.75) is 20.8 Å². The van der Waals surface area contributed by atoms with Crippen molar-refractivity contribution in [3.8, 4) is 5.75 Å². The Morgan fingerprint density at radius 3 is 2.52 bits per heavy atom. The predicted octanol–water partition coefficient (Wildman–Crippen LogP) is 1.71. The van der Waals surface area contributed by atoms with Crippen LogP contribution in [0.15, 0.2) is 23.0 Å². The number of phenols is 1. The number of phenolic OH excluding ortho intramolecular Hbond substituents is 1. The number of anilines is 2. The van der Waals surface area contributed by atoms with Gasteiger partial charge in [0.2, 0.25) is 11.9 Å². The van der Waals surface area contributed by atoms with Crippen molar-refractivity contribution in [2.75, 3.05) is 5.32 Å². The minimum Gasteiger partial charge on any atom is -0.508 e. The number of hydrogen-bond acceptors (Lipinski definition) is 6. The van der Waals surface area contributed by atoms with E-state index in [1.807, 2.05) is 6.92 Å². The van der Waals surface area contributed by atoms with Crippen LogP contribution >= 0.6 is 0 Å². The van der Waals surface area contributed by atoms with Crippen molar-refractivity contribution >= 4 is 52.4 Å². The van der Waals surface area contributed by atoms with Crippen LogP contribution in [0.4, 0.5) is 11.9 Å². The molecule has 0 spiro atoms. The zero-order chi connectivity index (χ0) is 15.9. The van der Waals surface area contributed by atoms with Crippen molar-refractivity contribution in [2.24, 2.45) is 0 Å². The average Bonchev–Trinajstić information content (AvgIpc) is 2.44. The molecule has 1 aromatic carbocycles. The zero-order valence-corrected chi connectivity index (χ0v) is 15.4.